The van der Waals surface area contributed by atoms with Gasteiger partial charge in [0, 0.05) is 56.4 Å². The minimum absolute atomic E-state index is 0.0453. The molecule has 1 atom stereocenters. The van der Waals surface area contributed by atoms with Gasteiger partial charge in [0.2, 0.25) is 5.95 Å². The van der Waals surface area contributed by atoms with Crippen LogP contribution in [-0.4, -0.2) is 65.2 Å². The second kappa shape index (κ2) is 7.37. The van der Waals surface area contributed by atoms with Crippen LogP contribution in [0.15, 0.2) is 43.0 Å². The van der Waals surface area contributed by atoms with Gasteiger partial charge in [0.1, 0.15) is 0 Å². The molecule has 0 bridgehead atoms. The quantitative estimate of drug-likeness (QED) is 0.817. The zero-order chi connectivity index (χ0) is 17.8. The highest BCUT2D eigenvalue weighted by Gasteiger charge is 2.41. The largest absolute Gasteiger partial charge is 0.379 e. The molecule has 136 valence electrons. The minimum Gasteiger partial charge on any atom is -0.379 e. The molecule has 4 rings (SSSR count). The van der Waals surface area contributed by atoms with Gasteiger partial charge in [0.25, 0.3) is 5.91 Å². The van der Waals surface area contributed by atoms with Crippen LogP contribution in [0.3, 0.4) is 0 Å². The number of ether oxygens (including phenoxy) is 1. The molecule has 1 spiro atoms. The van der Waals surface area contributed by atoms with Gasteiger partial charge >= 0.3 is 0 Å². The standard InChI is InChI=1S/C19H23N5O2/c25-17(16-4-1-6-20-12-16)23-9-2-5-19(13-23)14-24(10-11-26-15-19)18-21-7-3-8-22-18/h1,3-4,6-8,12H,2,5,9-11,13-15H2. The summed E-state index contributed by atoms with van der Waals surface area (Å²) < 4.78 is 5.93. The van der Waals surface area contributed by atoms with E-state index in [1.165, 1.54) is 0 Å². The first-order chi connectivity index (χ1) is 12.8. The van der Waals surface area contributed by atoms with E-state index in [9.17, 15) is 4.79 Å². The van der Waals surface area contributed by atoms with Crippen LogP contribution in [0, 0.1) is 5.41 Å². The number of aromatic nitrogens is 3. The third-order valence-electron chi connectivity index (χ3n) is 5.13. The van der Waals surface area contributed by atoms with Crippen LogP contribution in [0.5, 0.6) is 0 Å². The first-order valence-electron chi connectivity index (χ1n) is 9.05. The lowest BCUT2D eigenvalue weighted by molar-refractivity contribution is 0.0135. The maximum Gasteiger partial charge on any atom is 0.255 e. The molecule has 0 aromatic carbocycles. The Labute approximate surface area is 153 Å². The van der Waals surface area contributed by atoms with Crippen molar-refractivity contribution in [3.05, 3.63) is 48.5 Å². The highest BCUT2D eigenvalue weighted by Crippen LogP contribution is 2.34. The lowest BCUT2D eigenvalue weighted by Crippen LogP contribution is -2.52. The van der Waals surface area contributed by atoms with E-state index in [0.717, 1.165) is 38.4 Å². The monoisotopic (exact) mass is 353 g/mol. The van der Waals surface area contributed by atoms with Crippen molar-refractivity contribution in [2.75, 3.05) is 44.3 Å². The number of hydrogen-bond donors (Lipinski definition) is 0. The van der Waals surface area contributed by atoms with Crippen LogP contribution >= 0.6 is 0 Å². The molecule has 2 aliphatic heterocycles. The van der Waals surface area contributed by atoms with Gasteiger partial charge in [0.05, 0.1) is 18.8 Å². The first-order valence-corrected chi connectivity index (χ1v) is 9.05. The second-order valence-electron chi connectivity index (χ2n) is 7.09. The predicted octanol–water partition coefficient (Wildman–Crippen LogP) is 1.63. The molecule has 4 heterocycles. The number of amides is 1. The molecule has 0 N–H and O–H groups in total. The highest BCUT2D eigenvalue weighted by atomic mass is 16.5. The Morgan fingerprint density at radius 1 is 1.12 bits per heavy atom. The van der Waals surface area contributed by atoms with Crippen LogP contribution in [0.25, 0.3) is 0 Å². The molecule has 2 fully saturated rings. The third kappa shape index (κ3) is 3.53. The molecule has 2 aromatic heterocycles. The van der Waals surface area contributed by atoms with Gasteiger partial charge in [0.15, 0.2) is 0 Å². The summed E-state index contributed by atoms with van der Waals surface area (Å²) in [4.78, 5) is 29.9. The van der Waals surface area contributed by atoms with E-state index in [1.54, 1.807) is 30.9 Å². The third-order valence-corrected chi connectivity index (χ3v) is 5.13. The molecule has 2 aliphatic rings. The minimum atomic E-state index is -0.0914. The van der Waals surface area contributed by atoms with Crippen molar-refractivity contribution >= 4 is 11.9 Å². The zero-order valence-corrected chi connectivity index (χ0v) is 14.8. The number of likely N-dealkylation sites (tertiary alicyclic amines) is 1. The molecule has 7 heteroatoms. The molecule has 1 amide bonds. The van der Waals surface area contributed by atoms with Crippen LogP contribution in [0.2, 0.25) is 0 Å². The van der Waals surface area contributed by atoms with Crippen molar-refractivity contribution in [1.29, 1.82) is 0 Å². The molecule has 0 radical (unpaired) electrons. The molecule has 7 nitrogen and oxygen atoms in total. The van der Waals surface area contributed by atoms with Gasteiger partial charge in [-0.15, -0.1) is 0 Å². The van der Waals surface area contributed by atoms with E-state index in [0.29, 0.717) is 25.3 Å². The average molecular weight is 353 g/mol. The Morgan fingerprint density at radius 2 is 2.00 bits per heavy atom. The summed E-state index contributed by atoms with van der Waals surface area (Å²) >= 11 is 0. The smallest absolute Gasteiger partial charge is 0.255 e. The van der Waals surface area contributed by atoms with Crippen molar-refractivity contribution in [3.8, 4) is 0 Å². The molecule has 26 heavy (non-hydrogen) atoms. The Kier molecular flexibility index (Phi) is 4.79. The Balaban J connectivity index is 1.53. The summed E-state index contributed by atoms with van der Waals surface area (Å²) in [7, 11) is 0. The summed E-state index contributed by atoms with van der Waals surface area (Å²) in [5.41, 5.74) is 0.550. The number of piperidine rings is 1. The number of pyridine rings is 1. The van der Waals surface area contributed by atoms with E-state index in [1.807, 2.05) is 17.0 Å². The second-order valence-corrected chi connectivity index (χ2v) is 7.09. The Bertz CT molecular complexity index is 742. The Hall–Kier alpha value is -2.54. The molecule has 1 unspecified atom stereocenters. The average Bonchev–Trinajstić information content (AvgIpc) is 2.91. The van der Waals surface area contributed by atoms with Crippen molar-refractivity contribution < 1.29 is 9.53 Å². The molecule has 0 aliphatic carbocycles. The van der Waals surface area contributed by atoms with Crippen molar-refractivity contribution in [2.24, 2.45) is 5.41 Å². The van der Waals surface area contributed by atoms with E-state index in [-0.39, 0.29) is 11.3 Å². The highest BCUT2D eigenvalue weighted by molar-refractivity contribution is 5.94. The first kappa shape index (κ1) is 16.9. The van der Waals surface area contributed by atoms with Crippen LogP contribution < -0.4 is 4.90 Å². The molecular formula is C19H23N5O2. The van der Waals surface area contributed by atoms with Crippen molar-refractivity contribution in [2.45, 2.75) is 12.8 Å². The topological polar surface area (TPSA) is 71.5 Å². The Morgan fingerprint density at radius 3 is 2.81 bits per heavy atom. The lowest BCUT2D eigenvalue weighted by atomic mass is 9.80. The normalized spacial score (nSPS) is 23.7. The molecule has 0 saturated carbocycles. The van der Waals surface area contributed by atoms with Gasteiger partial charge in [-0.25, -0.2) is 9.97 Å². The van der Waals surface area contributed by atoms with Gasteiger partial charge < -0.3 is 14.5 Å². The van der Waals surface area contributed by atoms with Gasteiger partial charge in [-0.3, -0.25) is 9.78 Å². The number of anilines is 1. The molecule has 2 aromatic rings. The van der Waals surface area contributed by atoms with Crippen molar-refractivity contribution in [1.82, 2.24) is 19.9 Å². The van der Waals surface area contributed by atoms with Crippen LogP contribution in [0.4, 0.5) is 5.95 Å². The summed E-state index contributed by atoms with van der Waals surface area (Å²) in [6, 6.07) is 5.45. The number of hydrogen-bond acceptors (Lipinski definition) is 6. The number of carbonyl (C=O) groups is 1. The molecular weight excluding hydrogens is 330 g/mol. The van der Waals surface area contributed by atoms with Gasteiger partial charge in [-0.1, -0.05) is 0 Å². The number of rotatable bonds is 2. The van der Waals surface area contributed by atoms with Gasteiger partial charge in [-0.05, 0) is 31.0 Å². The van der Waals surface area contributed by atoms with E-state index in [2.05, 4.69) is 19.9 Å². The number of nitrogens with zero attached hydrogens (tertiary/aromatic N) is 5. The van der Waals surface area contributed by atoms with Crippen molar-refractivity contribution in [3.63, 3.8) is 0 Å². The van der Waals surface area contributed by atoms with E-state index in [4.69, 9.17) is 4.74 Å². The van der Waals surface area contributed by atoms with Crippen LogP contribution in [-0.2, 0) is 4.74 Å². The van der Waals surface area contributed by atoms with E-state index >= 15 is 0 Å². The van der Waals surface area contributed by atoms with Crippen LogP contribution in [0.1, 0.15) is 23.2 Å². The fourth-order valence-electron chi connectivity index (χ4n) is 3.92. The summed E-state index contributed by atoms with van der Waals surface area (Å²) in [6.07, 6.45) is 8.86. The fraction of sp³-hybridized carbons (Fsp3) is 0.474. The fourth-order valence-corrected chi connectivity index (χ4v) is 3.92. The summed E-state index contributed by atoms with van der Waals surface area (Å²) in [6.45, 7) is 4.33. The maximum atomic E-state index is 12.9. The predicted molar refractivity (Wildman–Crippen MR) is 96.9 cm³/mol. The van der Waals surface area contributed by atoms with E-state index < -0.39 is 0 Å². The zero-order valence-electron chi connectivity index (χ0n) is 14.8. The summed E-state index contributed by atoms with van der Waals surface area (Å²) in [5, 5.41) is 0. The SMILES string of the molecule is O=C(c1cccnc1)N1CCCC2(COCCN(c3ncccn3)C2)C1. The summed E-state index contributed by atoms with van der Waals surface area (Å²) in [5.74, 6) is 0.775. The van der Waals surface area contributed by atoms with Gasteiger partial charge in [-0.2, -0.15) is 0 Å². The molecule has 2 saturated heterocycles. The number of carbonyl (C=O) groups excluding carboxylic acids is 1. The lowest BCUT2D eigenvalue weighted by Gasteiger charge is -2.43. The maximum absolute atomic E-state index is 12.9.